The van der Waals surface area contributed by atoms with Crippen LogP contribution in [-0.2, 0) is 11.3 Å². The van der Waals surface area contributed by atoms with Gasteiger partial charge < -0.3 is 5.32 Å². The number of amides is 1. The van der Waals surface area contributed by atoms with Gasteiger partial charge in [0.15, 0.2) is 0 Å². The van der Waals surface area contributed by atoms with Crippen molar-refractivity contribution in [2.75, 3.05) is 0 Å². The third kappa shape index (κ3) is 2.87. The topological polar surface area (TPSA) is 46.9 Å². The van der Waals surface area contributed by atoms with Crippen molar-refractivity contribution >= 4 is 5.91 Å². The molecule has 0 atom stereocenters. The van der Waals surface area contributed by atoms with Crippen LogP contribution >= 0.6 is 0 Å². The molecule has 1 rings (SSSR count). The first-order chi connectivity index (χ1) is 6.49. The van der Waals surface area contributed by atoms with Crippen LogP contribution in [0, 0.1) is 13.8 Å². The summed E-state index contributed by atoms with van der Waals surface area (Å²) in [6.45, 7) is 8.06. The van der Waals surface area contributed by atoms with Crippen LogP contribution in [0.2, 0.25) is 0 Å². The second-order valence-corrected chi connectivity index (χ2v) is 3.81. The lowest BCUT2D eigenvalue weighted by Gasteiger charge is -2.08. The highest BCUT2D eigenvalue weighted by atomic mass is 16.2. The first kappa shape index (κ1) is 10.8. The Hall–Kier alpha value is -1.32. The van der Waals surface area contributed by atoms with Crippen molar-refractivity contribution in [1.82, 2.24) is 15.1 Å². The molecule has 4 heteroatoms. The minimum atomic E-state index is 0.00574. The van der Waals surface area contributed by atoms with E-state index in [1.807, 2.05) is 33.8 Å². The highest BCUT2D eigenvalue weighted by Crippen LogP contribution is 2.00. The highest BCUT2D eigenvalue weighted by Gasteiger charge is 2.07. The molecule has 0 aliphatic carbocycles. The van der Waals surface area contributed by atoms with E-state index >= 15 is 0 Å². The van der Waals surface area contributed by atoms with Crippen LogP contribution in [0.25, 0.3) is 0 Å². The molecule has 0 spiro atoms. The maximum atomic E-state index is 11.4. The third-order valence-electron chi connectivity index (χ3n) is 1.85. The van der Waals surface area contributed by atoms with Crippen molar-refractivity contribution in [2.45, 2.75) is 40.3 Å². The molecule has 0 saturated carbocycles. The molecule has 0 aliphatic heterocycles. The Balaban J connectivity index is 2.60. The summed E-state index contributed by atoms with van der Waals surface area (Å²) in [4.78, 5) is 11.4. The van der Waals surface area contributed by atoms with E-state index < -0.39 is 0 Å². The molecule has 0 bridgehead atoms. The molecule has 0 aromatic carbocycles. The number of aromatic nitrogens is 2. The molecular weight excluding hydrogens is 178 g/mol. The average molecular weight is 195 g/mol. The third-order valence-corrected chi connectivity index (χ3v) is 1.85. The SMILES string of the molecule is Cc1cc(C)n(CC(=O)NC(C)C)n1. The number of hydrogen-bond acceptors (Lipinski definition) is 2. The van der Waals surface area contributed by atoms with Crippen LogP contribution in [0.15, 0.2) is 6.07 Å². The zero-order valence-corrected chi connectivity index (χ0v) is 9.16. The van der Waals surface area contributed by atoms with Gasteiger partial charge in [0.25, 0.3) is 0 Å². The van der Waals surface area contributed by atoms with Crippen LogP contribution in [-0.4, -0.2) is 21.7 Å². The first-order valence-electron chi connectivity index (χ1n) is 4.79. The van der Waals surface area contributed by atoms with Crippen molar-refractivity contribution in [1.29, 1.82) is 0 Å². The lowest BCUT2D eigenvalue weighted by Crippen LogP contribution is -2.33. The number of aryl methyl sites for hydroxylation is 2. The molecule has 0 aliphatic rings. The number of hydrogen-bond donors (Lipinski definition) is 1. The zero-order valence-electron chi connectivity index (χ0n) is 9.16. The maximum Gasteiger partial charge on any atom is 0.241 e. The number of carbonyl (C=O) groups is 1. The fourth-order valence-electron chi connectivity index (χ4n) is 1.34. The molecule has 0 fully saturated rings. The first-order valence-corrected chi connectivity index (χ1v) is 4.79. The predicted molar refractivity (Wildman–Crippen MR) is 55.0 cm³/mol. The van der Waals surface area contributed by atoms with E-state index in [1.54, 1.807) is 4.68 Å². The van der Waals surface area contributed by atoms with Gasteiger partial charge in [-0.25, -0.2) is 0 Å². The molecule has 0 radical (unpaired) electrons. The van der Waals surface area contributed by atoms with Crippen molar-refractivity contribution in [2.24, 2.45) is 0 Å². The van der Waals surface area contributed by atoms with Crippen LogP contribution in [0.1, 0.15) is 25.2 Å². The minimum Gasteiger partial charge on any atom is -0.352 e. The molecule has 0 unspecified atom stereocenters. The largest absolute Gasteiger partial charge is 0.352 e. The monoisotopic (exact) mass is 195 g/mol. The van der Waals surface area contributed by atoms with Crippen LogP contribution in [0.3, 0.4) is 0 Å². The average Bonchev–Trinajstić information content (AvgIpc) is 2.28. The summed E-state index contributed by atoms with van der Waals surface area (Å²) in [5, 5.41) is 7.04. The predicted octanol–water partition coefficient (Wildman–Crippen LogP) is 1.02. The Kier molecular flexibility index (Phi) is 3.28. The van der Waals surface area contributed by atoms with Crippen LogP contribution in [0.5, 0.6) is 0 Å². The number of carbonyl (C=O) groups excluding carboxylic acids is 1. The van der Waals surface area contributed by atoms with Gasteiger partial charge in [-0.2, -0.15) is 5.10 Å². The van der Waals surface area contributed by atoms with Crippen LogP contribution in [0.4, 0.5) is 0 Å². The summed E-state index contributed by atoms with van der Waals surface area (Å²) in [6, 6.07) is 2.14. The van der Waals surface area contributed by atoms with E-state index in [1.165, 1.54) is 0 Å². The molecule has 0 saturated heterocycles. The quantitative estimate of drug-likeness (QED) is 0.783. The lowest BCUT2D eigenvalue weighted by molar-refractivity contribution is -0.122. The van der Waals surface area contributed by atoms with Gasteiger partial charge in [-0.15, -0.1) is 0 Å². The van der Waals surface area contributed by atoms with E-state index in [4.69, 9.17) is 0 Å². The highest BCUT2D eigenvalue weighted by molar-refractivity contribution is 5.75. The smallest absolute Gasteiger partial charge is 0.241 e. The van der Waals surface area contributed by atoms with E-state index in [0.717, 1.165) is 11.4 Å². The second-order valence-electron chi connectivity index (χ2n) is 3.81. The van der Waals surface area contributed by atoms with Gasteiger partial charge in [-0.1, -0.05) is 0 Å². The molecule has 1 aromatic heterocycles. The fourth-order valence-corrected chi connectivity index (χ4v) is 1.34. The van der Waals surface area contributed by atoms with Gasteiger partial charge in [0.05, 0.1) is 5.69 Å². The van der Waals surface area contributed by atoms with Crippen molar-refractivity contribution in [3.8, 4) is 0 Å². The Morgan fingerprint density at radius 1 is 1.57 bits per heavy atom. The molecular formula is C10H17N3O. The van der Waals surface area contributed by atoms with E-state index in [0.29, 0.717) is 6.54 Å². The lowest BCUT2D eigenvalue weighted by atomic mass is 10.4. The van der Waals surface area contributed by atoms with Gasteiger partial charge >= 0.3 is 0 Å². The van der Waals surface area contributed by atoms with Crippen molar-refractivity contribution < 1.29 is 4.79 Å². The van der Waals surface area contributed by atoms with E-state index in [2.05, 4.69) is 10.4 Å². The van der Waals surface area contributed by atoms with Gasteiger partial charge in [0.2, 0.25) is 5.91 Å². The Labute approximate surface area is 84.3 Å². The summed E-state index contributed by atoms with van der Waals surface area (Å²) in [5.41, 5.74) is 1.96. The minimum absolute atomic E-state index is 0.00574. The van der Waals surface area contributed by atoms with E-state index in [-0.39, 0.29) is 11.9 Å². The summed E-state index contributed by atoms with van der Waals surface area (Å²) in [7, 11) is 0. The summed E-state index contributed by atoms with van der Waals surface area (Å²) < 4.78 is 1.72. The van der Waals surface area contributed by atoms with Gasteiger partial charge in [0.1, 0.15) is 6.54 Å². The summed E-state index contributed by atoms with van der Waals surface area (Å²) in [6.07, 6.45) is 0. The summed E-state index contributed by atoms with van der Waals surface area (Å²) in [5.74, 6) is 0.00574. The van der Waals surface area contributed by atoms with Gasteiger partial charge in [-0.05, 0) is 33.8 Å². The maximum absolute atomic E-state index is 11.4. The zero-order chi connectivity index (χ0) is 10.7. The number of nitrogens with zero attached hydrogens (tertiary/aromatic N) is 2. The standard InChI is InChI=1S/C10H17N3O/c1-7(2)11-10(14)6-13-9(4)5-8(3)12-13/h5,7H,6H2,1-4H3,(H,11,14). The Morgan fingerprint density at radius 2 is 2.21 bits per heavy atom. The molecule has 1 aromatic rings. The normalized spacial score (nSPS) is 10.6. The van der Waals surface area contributed by atoms with Gasteiger partial charge in [0, 0.05) is 11.7 Å². The molecule has 1 heterocycles. The molecule has 78 valence electrons. The number of nitrogens with one attached hydrogen (secondary N) is 1. The Bertz CT molecular complexity index is 328. The van der Waals surface area contributed by atoms with Gasteiger partial charge in [-0.3, -0.25) is 9.48 Å². The number of rotatable bonds is 3. The van der Waals surface area contributed by atoms with Crippen LogP contribution < -0.4 is 5.32 Å². The van der Waals surface area contributed by atoms with E-state index in [9.17, 15) is 4.79 Å². The Morgan fingerprint density at radius 3 is 2.64 bits per heavy atom. The molecule has 1 amide bonds. The fraction of sp³-hybridized carbons (Fsp3) is 0.600. The molecule has 1 N–H and O–H groups in total. The second kappa shape index (κ2) is 4.26. The molecule has 14 heavy (non-hydrogen) atoms. The summed E-state index contributed by atoms with van der Waals surface area (Å²) >= 11 is 0. The van der Waals surface area contributed by atoms with Crippen molar-refractivity contribution in [3.63, 3.8) is 0 Å². The molecule has 4 nitrogen and oxygen atoms in total. The van der Waals surface area contributed by atoms with Crippen molar-refractivity contribution in [3.05, 3.63) is 17.5 Å².